The molecule has 0 aliphatic carbocycles. The fourth-order valence-corrected chi connectivity index (χ4v) is 4.41. The lowest BCUT2D eigenvalue weighted by Crippen LogP contribution is -2.42. The van der Waals surface area contributed by atoms with Crippen molar-refractivity contribution >= 4 is 33.5 Å². The number of carbonyl (C=O) groups excluding carboxylic acids is 2. The highest BCUT2D eigenvalue weighted by Gasteiger charge is 2.41. The summed E-state index contributed by atoms with van der Waals surface area (Å²) in [6.07, 6.45) is -1.12. The van der Waals surface area contributed by atoms with Gasteiger partial charge in [-0.25, -0.2) is 13.2 Å². The van der Waals surface area contributed by atoms with Crippen molar-refractivity contribution in [1.29, 1.82) is 0 Å². The molecule has 8 heteroatoms. The van der Waals surface area contributed by atoms with Gasteiger partial charge in [0.2, 0.25) is 0 Å². The minimum atomic E-state index is -4.39. The summed E-state index contributed by atoms with van der Waals surface area (Å²) in [6.45, 7) is 8.29. The van der Waals surface area contributed by atoms with E-state index in [9.17, 15) is 18.0 Å². The fraction of sp³-hybridized carbons (Fsp3) is 0.238. The third-order valence-corrected chi connectivity index (χ3v) is 6.33. The van der Waals surface area contributed by atoms with Gasteiger partial charge in [-0.15, -0.1) is 0 Å². The Morgan fingerprint density at radius 2 is 1.72 bits per heavy atom. The topological polar surface area (TPSA) is 80.8 Å². The Morgan fingerprint density at radius 1 is 1.14 bits per heavy atom. The summed E-state index contributed by atoms with van der Waals surface area (Å²) < 4.78 is 32.4. The highest BCUT2D eigenvalue weighted by atomic mass is 35.5. The number of halogens is 1. The molecule has 0 aromatic heterocycles. The first-order valence-electron chi connectivity index (χ1n) is 8.83. The number of hydrogen-bond acceptors (Lipinski definition) is 5. The first-order chi connectivity index (χ1) is 13.6. The van der Waals surface area contributed by atoms with Crippen LogP contribution >= 0.6 is 11.6 Å². The molecule has 1 atom stereocenters. The second-order valence-electron chi connectivity index (χ2n) is 6.32. The van der Waals surface area contributed by atoms with E-state index in [1.807, 2.05) is 6.92 Å². The molecule has 0 radical (unpaired) electrons. The lowest BCUT2D eigenvalue weighted by molar-refractivity contribution is -0.114. The molecule has 2 rings (SSSR count). The van der Waals surface area contributed by atoms with Crippen LogP contribution < -0.4 is 0 Å². The summed E-state index contributed by atoms with van der Waals surface area (Å²) in [5.74, 6) is -0.483. The van der Waals surface area contributed by atoms with Crippen molar-refractivity contribution in [2.24, 2.45) is 0 Å². The minimum absolute atomic E-state index is 0.0550. The van der Waals surface area contributed by atoms with Gasteiger partial charge in [0.1, 0.15) is 6.04 Å². The summed E-state index contributed by atoms with van der Waals surface area (Å²) in [5.41, 5.74) is 0.988. The van der Waals surface area contributed by atoms with Crippen LogP contribution in [0.25, 0.3) is 0 Å². The number of benzene rings is 2. The van der Waals surface area contributed by atoms with Gasteiger partial charge in [-0.3, -0.25) is 4.79 Å². The summed E-state index contributed by atoms with van der Waals surface area (Å²) in [7, 11) is -4.39. The molecule has 0 saturated carbocycles. The van der Waals surface area contributed by atoms with Crippen molar-refractivity contribution < 1.29 is 22.7 Å². The van der Waals surface area contributed by atoms with Crippen LogP contribution in [0.4, 0.5) is 4.79 Å². The maximum Gasteiger partial charge on any atom is 0.424 e. The van der Waals surface area contributed by atoms with E-state index in [2.05, 4.69) is 6.58 Å². The van der Waals surface area contributed by atoms with Crippen LogP contribution in [0.2, 0.25) is 5.02 Å². The number of ketones is 1. The molecular weight excluding hydrogens is 414 g/mol. The SMILES string of the molecule is C=C(C(C)=O)[C@@H](c1ccccc1Cl)N(C(=O)OCC)S(=O)(=O)c1ccc(C)cc1. The third kappa shape index (κ3) is 4.86. The van der Waals surface area contributed by atoms with E-state index in [0.717, 1.165) is 5.56 Å². The van der Waals surface area contributed by atoms with E-state index in [1.165, 1.54) is 25.1 Å². The molecular formula is C21H22ClNO5S. The first-order valence-corrected chi connectivity index (χ1v) is 10.6. The molecule has 0 unspecified atom stereocenters. The zero-order valence-corrected chi connectivity index (χ0v) is 18.0. The number of nitrogens with zero attached hydrogens (tertiary/aromatic N) is 1. The zero-order chi connectivity index (χ0) is 21.8. The quantitative estimate of drug-likeness (QED) is 0.589. The Labute approximate surface area is 175 Å². The molecule has 0 fully saturated rings. The maximum atomic E-state index is 13.4. The standard InChI is InChI=1S/C21H22ClNO5S/c1-5-28-21(25)23(29(26,27)17-12-10-14(2)11-13-17)20(15(3)16(4)24)18-8-6-7-9-19(18)22/h6-13,20H,3,5H2,1-2,4H3/t20-/m0/s1. The van der Waals surface area contributed by atoms with E-state index in [0.29, 0.717) is 4.31 Å². The summed E-state index contributed by atoms with van der Waals surface area (Å²) in [5, 5.41) is 0.188. The van der Waals surface area contributed by atoms with Gasteiger partial charge in [0.05, 0.1) is 11.5 Å². The molecule has 29 heavy (non-hydrogen) atoms. The van der Waals surface area contributed by atoms with Crippen LogP contribution in [0.15, 0.2) is 65.6 Å². The lowest BCUT2D eigenvalue weighted by atomic mass is 9.97. The molecule has 0 aliphatic heterocycles. The van der Waals surface area contributed by atoms with Gasteiger partial charge in [-0.05, 0) is 44.5 Å². The molecule has 0 bridgehead atoms. The average molecular weight is 436 g/mol. The van der Waals surface area contributed by atoms with E-state index >= 15 is 0 Å². The van der Waals surface area contributed by atoms with E-state index in [-0.39, 0.29) is 27.7 Å². The van der Waals surface area contributed by atoms with E-state index < -0.39 is 27.9 Å². The number of ether oxygens (including phenoxy) is 1. The third-order valence-electron chi connectivity index (χ3n) is 4.24. The van der Waals surface area contributed by atoms with E-state index in [1.54, 1.807) is 37.3 Å². The van der Waals surface area contributed by atoms with Gasteiger partial charge < -0.3 is 4.74 Å². The number of hydrogen-bond donors (Lipinski definition) is 0. The Hall–Kier alpha value is -2.64. The summed E-state index contributed by atoms with van der Waals surface area (Å²) in [6, 6.07) is 11.0. The smallest absolute Gasteiger partial charge is 0.424 e. The van der Waals surface area contributed by atoms with Crippen LogP contribution in [0.1, 0.15) is 31.0 Å². The normalized spacial score (nSPS) is 12.1. The highest BCUT2D eigenvalue weighted by Crippen LogP contribution is 2.37. The fourth-order valence-electron chi connectivity index (χ4n) is 2.70. The number of carbonyl (C=O) groups is 2. The molecule has 2 aromatic carbocycles. The number of aryl methyl sites for hydroxylation is 1. The Morgan fingerprint density at radius 3 is 2.24 bits per heavy atom. The van der Waals surface area contributed by atoms with Gasteiger partial charge in [0.15, 0.2) is 5.78 Å². The number of amides is 1. The van der Waals surface area contributed by atoms with E-state index in [4.69, 9.17) is 16.3 Å². The van der Waals surface area contributed by atoms with Crippen molar-refractivity contribution in [1.82, 2.24) is 4.31 Å². The Balaban J connectivity index is 2.77. The maximum absolute atomic E-state index is 13.4. The molecule has 154 valence electrons. The van der Waals surface area contributed by atoms with Crippen LogP contribution in [0, 0.1) is 6.92 Å². The van der Waals surface area contributed by atoms with Crippen LogP contribution in [0.5, 0.6) is 0 Å². The lowest BCUT2D eigenvalue weighted by Gasteiger charge is -2.31. The predicted octanol–water partition coefficient (Wildman–Crippen LogP) is 4.68. The van der Waals surface area contributed by atoms with Crippen molar-refractivity contribution in [2.45, 2.75) is 31.7 Å². The first kappa shape index (κ1) is 22.6. The van der Waals surface area contributed by atoms with Crippen molar-refractivity contribution in [3.8, 4) is 0 Å². The summed E-state index contributed by atoms with van der Waals surface area (Å²) in [4.78, 5) is 24.8. The average Bonchev–Trinajstić information content (AvgIpc) is 2.66. The van der Waals surface area contributed by atoms with Gasteiger partial charge in [-0.1, -0.05) is 54.1 Å². The zero-order valence-electron chi connectivity index (χ0n) is 16.4. The van der Waals surface area contributed by atoms with Crippen LogP contribution in [-0.4, -0.2) is 31.2 Å². The van der Waals surface area contributed by atoms with Gasteiger partial charge >= 0.3 is 6.09 Å². The second-order valence-corrected chi connectivity index (χ2v) is 8.54. The number of rotatable bonds is 7. The molecule has 0 N–H and O–H groups in total. The molecule has 6 nitrogen and oxygen atoms in total. The van der Waals surface area contributed by atoms with Gasteiger partial charge in [0, 0.05) is 10.6 Å². The monoisotopic (exact) mass is 435 g/mol. The number of Topliss-reactive ketones (excluding diaryl/α,β-unsaturated/α-hetero) is 1. The molecule has 0 saturated heterocycles. The van der Waals surface area contributed by atoms with Gasteiger partial charge in [0.25, 0.3) is 10.0 Å². The molecule has 0 spiro atoms. The second kappa shape index (κ2) is 9.24. The minimum Gasteiger partial charge on any atom is -0.449 e. The van der Waals surface area contributed by atoms with Gasteiger partial charge in [-0.2, -0.15) is 4.31 Å². The molecule has 0 aliphatic rings. The highest BCUT2D eigenvalue weighted by molar-refractivity contribution is 7.89. The van der Waals surface area contributed by atoms with Crippen molar-refractivity contribution in [2.75, 3.05) is 6.61 Å². The number of sulfonamides is 1. The predicted molar refractivity (Wildman–Crippen MR) is 111 cm³/mol. The Bertz CT molecular complexity index is 1030. The largest absolute Gasteiger partial charge is 0.449 e. The van der Waals surface area contributed by atoms with Crippen molar-refractivity contribution in [3.05, 3.63) is 76.8 Å². The Kier molecular flexibility index (Phi) is 7.21. The van der Waals surface area contributed by atoms with Crippen LogP contribution in [-0.2, 0) is 19.6 Å². The van der Waals surface area contributed by atoms with Crippen molar-refractivity contribution in [3.63, 3.8) is 0 Å². The summed E-state index contributed by atoms with van der Waals surface area (Å²) >= 11 is 6.28. The molecule has 1 amide bonds. The van der Waals surface area contributed by atoms with Crippen LogP contribution in [0.3, 0.4) is 0 Å². The molecule has 0 heterocycles. The molecule has 2 aromatic rings.